The number of halogens is 2. The molecule has 0 aliphatic carbocycles. The summed E-state index contributed by atoms with van der Waals surface area (Å²) in [7, 11) is -3.98. The van der Waals surface area contributed by atoms with Crippen molar-refractivity contribution in [3.05, 3.63) is 53.3 Å². The van der Waals surface area contributed by atoms with Gasteiger partial charge in [-0.25, -0.2) is 12.8 Å². The SMILES string of the molecule is O=S(=O)(Nc1ccc(Cl)c(F)c1)c1ccccc1O. The quantitative estimate of drug-likeness (QED) is 0.916. The first kappa shape index (κ1) is 13.6. The lowest BCUT2D eigenvalue weighted by atomic mass is 10.3. The van der Waals surface area contributed by atoms with Gasteiger partial charge in [-0.1, -0.05) is 23.7 Å². The summed E-state index contributed by atoms with van der Waals surface area (Å²) in [5.74, 6) is -1.12. The number of aromatic hydroxyl groups is 1. The van der Waals surface area contributed by atoms with Crippen LogP contribution in [0, 0.1) is 5.82 Å². The van der Waals surface area contributed by atoms with Crippen LogP contribution in [-0.4, -0.2) is 13.5 Å². The Morgan fingerprint density at radius 1 is 1.16 bits per heavy atom. The van der Waals surface area contributed by atoms with E-state index < -0.39 is 15.8 Å². The van der Waals surface area contributed by atoms with Crippen molar-refractivity contribution in [2.45, 2.75) is 4.90 Å². The lowest BCUT2D eigenvalue weighted by Crippen LogP contribution is -2.13. The van der Waals surface area contributed by atoms with E-state index in [0.29, 0.717) is 0 Å². The van der Waals surface area contributed by atoms with Crippen molar-refractivity contribution in [2.24, 2.45) is 0 Å². The van der Waals surface area contributed by atoms with Gasteiger partial charge in [-0.15, -0.1) is 0 Å². The summed E-state index contributed by atoms with van der Waals surface area (Å²) in [4.78, 5) is -0.287. The van der Waals surface area contributed by atoms with Crippen molar-refractivity contribution in [3.8, 4) is 5.75 Å². The number of phenols is 1. The summed E-state index contributed by atoms with van der Waals surface area (Å²) in [6, 6.07) is 8.97. The van der Waals surface area contributed by atoms with Crippen LogP contribution in [0.1, 0.15) is 0 Å². The molecule has 0 radical (unpaired) electrons. The van der Waals surface area contributed by atoms with Crippen LogP contribution in [0.15, 0.2) is 47.4 Å². The number of benzene rings is 2. The largest absolute Gasteiger partial charge is 0.507 e. The summed E-state index contributed by atoms with van der Waals surface area (Å²) < 4.78 is 39.4. The molecule has 0 amide bonds. The Bertz CT molecular complexity index is 719. The van der Waals surface area contributed by atoms with Gasteiger partial charge in [0, 0.05) is 0 Å². The van der Waals surface area contributed by atoms with Gasteiger partial charge in [0.15, 0.2) is 0 Å². The molecule has 2 N–H and O–H groups in total. The highest BCUT2D eigenvalue weighted by Gasteiger charge is 2.18. The molecule has 0 saturated carbocycles. The van der Waals surface area contributed by atoms with Gasteiger partial charge in [-0.05, 0) is 30.3 Å². The van der Waals surface area contributed by atoms with Crippen LogP contribution in [0.2, 0.25) is 5.02 Å². The fourth-order valence-electron chi connectivity index (χ4n) is 1.45. The van der Waals surface area contributed by atoms with Gasteiger partial charge in [0.25, 0.3) is 10.0 Å². The van der Waals surface area contributed by atoms with Crippen LogP contribution in [0.4, 0.5) is 10.1 Å². The number of hydrogen-bond acceptors (Lipinski definition) is 3. The molecule has 2 aromatic rings. The molecular weight excluding hydrogens is 293 g/mol. The molecule has 7 heteroatoms. The van der Waals surface area contributed by atoms with Gasteiger partial charge in [0.2, 0.25) is 0 Å². The van der Waals surface area contributed by atoms with Crippen LogP contribution in [0.3, 0.4) is 0 Å². The molecule has 2 aromatic carbocycles. The zero-order valence-electron chi connectivity index (χ0n) is 9.47. The highest BCUT2D eigenvalue weighted by molar-refractivity contribution is 7.92. The molecular formula is C12H9ClFNO3S. The second-order valence-electron chi connectivity index (χ2n) is 3.70. The van der Waals surface area contributed by atoms with E-state index in [9.17, 15) is 17.9 Å². The topological polar surface area (TPSA) is 66.4 Å². The van der Waals surface area contributed by atoms with Crippen molar-refractivity contribution in [2.75, 3.05) is 4.72 Å². The third-order valence-corrected chi connectivity index (χ3v) is 4.06. The predicted octanol–water partition coefficient (Wildman–Crippen LogP) is 2.99. The van der Waals surface area contributed by atoms with Crippen molar-refractivity contribution in [3.63, 3.8) is 0 Å². The number of para-hydroxylation sites is 1. The van der Waals surface area contributed by atoms with E-state index in [1.165, 1.54) is 36.4 Å². The molecule has 19 heavy (non-hydrogen) atoms. The zero-order valence-corrected chi connectivity index (χ0v) is 11.0. The van der Waals surface area contributed by atoms with Gasteiger partial charge >= 0.3 is 0 Å². The van der Waals surface area contributed by atoms with E-state index in [-0.39, 0.29) is 21.4 Å². The summed E-state index contributed by atoms with van der Waals surface area (Å²) in [6.45, 7) is 0. The molecule has 0 fully saturated rings. The first-order valence-electron chi connectivity index (χ1n) is 5.16. The van der Waals surface area contributed by atoms with Crippen molar-refractivity contribution >= 4 is 27.3 Å². The van der Waals surface area contributed by atoms with Gasteiger partial charge in [-0.2, -0.15) is 0 Å². The number of hydrogen-bond donors (Lipinski definition) is 2. The lowest BCUT2D eigenvalue weighted by molar-refractivity contribution is 0.459. The van der Waals surface area contributed by atoms with Crippen LogP contribution < -0.4 is 4.72 Å². The minimum atomic E-state index is -3.98. The first-order chi connectivity index (χ1) is 8.90. The van der Waals surface area contributed by atoms with Crippen molar-refractivity contribution in [1.82, 2.24) is 0 Å². The number of rotatable bonds is 3. The Labute approximate surface area is 114 Å². The van der Waals surface area contributed by atoms with Crippen LogP contribution in [0.5, 0.6) is 5.75 Å². The third-order valence-electron chi connectivity index (χ3n) is 2.33. The minimum Gasteiger partial charge on any atom is -0.507 e. The maximum Gasteiger partial charge on any atom is 0.265 e. The van der Waals surface area contributed by atoms with E-state index >= 15 is 0 Å². The summed E-state index contributed by atoms with van der Waals surface area (Å²) in [5.41, 5.74) is 0.0187. The Hall–Kier alpha value is -1.79. The third kappa shape index (κ3) is 2.97. The lowest BCUT2D eigenvalue weighted by Gasteiger charge is -2.09. The fourth-order valence-corrected chi connectivity index (χ4v) is 2.72. The van der Waals surface area contributed by atoms with E-state index in [0.717, 1.165) is 6.07 Å². The second-order valence-corrected chi connectivity index (χ2v) is 5.76. The van der Waals surface area contributed by atoms with E-state index in [1.807, 2.05) is 0 Å². The van der Waals surface area contributed by atoms with E-state index in [2.05, 4.69) is 4.72 Å². The average molecular weight is 302 g/mol. The normalized spacial score (nSPS) is 11.3. The molecule has 0 atom stereocenters. The number of nitrogens with one attached hydrogen (secondary N) is 1. The maximum absolute atomic E-state index is 13.2. The van der Waals surface area contributed by atoms with Crippen molar-refractivity contribution in [1.29, 1.82) is 0 Å². The molecule has 2 rings (SSSR count). The Balaban J connectivity index is 2.37. The van der Waals surface area contributed by atoms with Crippen molar-refractivity contribution < 1.29 is 17.9 Å². The van der Waals surface area contributed by atoms with Crippen LogP contribution in [-0.2, 0) is 10.0 Å². The Morgan fingerprint density at radius 3 is 2.47 bits per heavy atom. The number of sulfonamides is 1. The monoisotopic (exact) mass is 301 g/mol. The number of phenolic OH excluding ortho intramolecular Hbond substituents is 1. The highest BCUT2D eigenvalue weighted by Crippen LogP contribution is 2.25. The summed E-state index contributed by atoms with van der Waals surface area (Å²) in [6.07, 6.45) is 0. The van der Waals surface area contributed by atoms with Gasteiger partial charge < -0.3 is 5.11 Å². The highest BCUT2D eigenvalue weighted by atomic mass is 35.5. The molecule has 0 bridgehead atoms. The summed E-state index contributed by atoms with van der Waals surface area (Å²) >= 11 is 5.50. The fraction of sp³-hybridized carbons (Fsp3) is 0. The predicted molar refractivity (Wildman–Crippen MR) is 70.3 cm³/mol. The molecule has 0 spiro atoms. The standard InChI is InChI=1S/C12H9ClFNO3S/c13-9-6-5-8(7-10(9)14)15-19(17,18)12-4-2-1-3-11(12)16/h1-7,15-16H. The molecule has 0 aliphatic heterocycles. The summed E-state index contributed by atoms with van der Waals surface area (Å²) in [5, 5.41) is 9.40. The van der Waals surface area contributed by atoms with E-state index in [4.69, 9.17) is 11.6 Å². The van der Waals surface area contributed by atoms with E-state index in [1.54, 1.807) is 0 Å². The molecule has 0 saturated heterocycles. The molecule has 0 aliphatic rings. The smallest absolute Gasteiger partial charge is 0.265 e. The molecule has 100 valence electrons. The first-order valence-corrected chi connectivity index (χ1v) is 7.02. The Morgan fingerprint density at radius 2 is 1.84 bits per heavy atom. The van der Waals surface area contributed by atoms with Crippen LogP contribution >= 0.6 is 11.6 Å². The molecule has 0 heterocycles. The van der Waals surface area contributed by atoms with Gasteiger partial charge in [0.05, 0.1) is 10.7 Å². The Kier molecular flexibility index (Phi) is 3.64. The average Bonchev–Trinajstić information content (AvgIpc) is 2.34. The number of anilines is 1. The van der Waals surface area contributed by atoms with Gasteiger partial charge in [-0.3, -0.25) is 4.72 Å². The zero-order chi connectivity index (χ0) is 14.0. The molecule has 0 aromatic heterocycles. The minimum absolute atomic E-state index is 0.0187. The van der Waals surface area contributed by atoms with Gasteiger partial charge in [0.1, 0.15) is 16.5 Å². The molecule has 4 nitrogen and oxygen atoms in total. The van der Waals surface area contributed by atoms with Crippen LogP contribution in [0.25, 0.3) is 0 Å². The maximum atomic E-state index is 13.2. The molecule has 0 unspecified atom stereocenters. The second kappa shape index (κ2) is 5.07.